The Hall–Kier alpha value is -0.910. The molecule has 1 heterocycles. The Morgan fingerprint density at radius 2 is 1.95 bits per heavy atom. The van der Waals surface area contributed by atoms with E-state index in [1.54, 1.807) is 16.4 Å². The number of hydrogen-bond acceptors (Lipinski definition) is 3. The molecule has 1 unspecified atom stereocenters. The molecule has 0 spiro atoms. The molecule has 0 aliphatic carbocycles. The van der Waals surface area contributed by atoms with E-state index >= 15 is 0 Å². The smallest absolute Gasteiger partial charge is 0.243 e. The van der Waals surface area contributed by atoms with Crippen LogP contribution in [0.2, 0.25) is 0 Å². The predicted molar refractivity (Wildman–Crippen MR) is 86.0 cm³/mol. The summed E-state index contributed by atoms with van der Waals surface area (Å²) in [7, 11) is -3.40. The zero-order valence-corrected chi connectivity index (χ0v) is 14.0. The summed E-state index contributed by atoms with van der Waals surface area (Å²) in [5, 5.41) is 3.29. The third-order valence-corrected chi connectivity index (χ3v) is 6.18. The lowest BCUT2D eigenvalue weighted by atomic mass is 10.0. The van der Waals surface area contributed by atoms with Crippen LogP contribution in [0.4, 0.5) is 0 Å². The Labute approximate surface area is 128 Å². The van der Waals surface area contributed by atoms with Gasteiger partial charge in [0.2, 0.25) is 10.0 Å². The maximum atomic E-state index is 12.8. The van der Waals surface area contributed by atoms with Crippen LogP contribution in [-0.2, 0) is 10.0 Å². The molecule has 0 saturated carbocycles. The van der Waals surface area contributed by atoms with Gasteiger partial charge in [-0.15, -0.1) is 0 Å². The molecule has 1 N–H and O–H groups in total. The van der Waals surface area contributed by atoms with E-state index in [0.29, 0.717) is 17.4 Å². The molecule has 1 aliphatic rings. The van der Waals surface area contributed by atoms with Crippen molar-refractivity contribution in [3.63, 3.8) is 0 Å². The Morgan fingerprint density at radius 1 is 1.29 bits per heavy atom. The zero-order chi connectivity index (χ0) is 15.5. The first-order valence-corrected chi connectivity index (χ1v) is 9.23. The van der Waals surface area contributed by atoms with Gasteiger partial charge in [0.05, 0.1) is 4.90 Å². The van der Waals surface area contributed by atoms with E-state index in [-0.39, 0.29) is 6.04 Å². The zero-order valence-electron chi connectivity index (χ0n) is 13.2. The van der Waals surface area contributed by atoms with E-state index in [4.69, 9.17) is 0 Å². The lowest BCUT2D eigenvalue weighted by Gasteiger charge is -2.33. The summed E-state index contributed by atoms with van der Waals surface area (Å²) in [4.78, 5) is 0.402. The summed E-state index contributed by atoms with van der Waals surface area (Å²) in [6.45, 7) is 8.37. The molecule has 1 aliphatic heterocycles. The van der Waals surface area contributed by atoms with E-state index in [1.807, 2.05) is 19.1 Å². The van der Waals surface area contributed by atoms with Crippen molar-refractivity contribution >= 4 is 10.0 Å². The highest BCUT2D eigenvalue weighted by molar-refractivity contribution is 7.89. The molecule has 1 saturated heterocycles. The summed E-state index contributed by atoms with van der Waals surface area (Å²) in [6.07, 6.45) is 1.97. The van der Waals surface area contributed by atoms with Crippen LogP contribution in [0.25, 0.3) is 0 Å². The van der Waals surface area contributed by atoms with Gasteiger partial charge in [0.1, 0.15) is 0 Å². The fraction of sp³-hybridized carbons (Fsp3) is 0.625. The first kappa shape index (κ1) is 16.5. The molecule has 0 bridgehead atoms. The van der Waals surface area contributed by atoms with Crippen molar-refractivity contribution in [1.29, 1.82) is 0 Å². The third-order valence-electron chi connectivity index (χ3n) is 4.14. The molecule has 5 heteroatoms. The molecule has 2 rings (SSSR count). The van der Waals surface area contributed by atoms with E-state index < -0.39 is 10.0 Å². The summed E-state index contributed by atoms with van der Waals surface area (Å²) in [5.41, 5.74) is 1.16. The van der Waals surface area contributed by atoms with Crippen molar-refractivity contribution < 1.29 is 8.42 Å². The van der Waals surface area contributed by atoms with Gasteiger partial charge in [-0.25, -0.2) is 8.42 Å². The van der Waals surface area contributed by atoms with Crippen LogP contribution in [-0.4, -0.2) is 38.4 Å². The van der Waals surface area contributed by atoms with Crippen LogP contribution in [0.1, 0.15) is 45.1 Å². The van der Waals surface area contributed by atoms with Gasteiger partial charge in [-0.05, 0) is 43.0 Å². The maximum absolute atomic E-state index is 12.8. The highest BCUT2D eigenvalue weighted by Gasteiger charge is 2.30. The van der Waals surface area contributed by atoms with Gasteiger partial charge < -0.3 is 5.32 Å². The average Bonchev–Trinajstić information content (AvgIpc) is 2.49. The molecule has 0 amide bonds. The fourth-order valence-electron chi connectivity index (χ4n) is 2.86. The number of sulfonamides is 1. The maximum Gasteiger partial charge on any atom is 0.243 e. The second-order valence-corrected chi connectivity index (χ2v) is 7.82. The topological polar surface area (TPSA) is 49.4 Å². The number of nitrogens with one attached hydrogen (secondary N) is 1. The van der Waals surface area contributed by atoms with Crippen LogP contribution >= 0.6 is 0 Å². The molecule has 4 nitrogen and oxygen atoms in total. The van der Waals surface area contributed by atoms with Crippen molar-refractivity contribution in [2.24, 2.45) is 0 Å². The normalized spacial score (nSPS) is 20.1. The van der Waals surface area contributed by atoms with Gasteiger partial charge in [-0.1, -0.05) is 32.9 Å². The Bertz CT molecular complexity index is 546. The van der Waals surface area contributed by atoms with E-state index in [1.165, 1.54) is 0 Å². The summed E-state index contributed by atoms with van der Waals surface area (Å²) >= 11 is 0. The summed E-state index contributed by atoms with van der Waals surface area (Å²) < 4.78 is 27.3. The molecule has 1 aromatic carbocycles. The Morgan fingerprint density at radius 3 is 2.43 bits per heavy atom. The summed E-state index contributed by atoms with van der Waals surface area (Å²) in [5.74, 6) is 0.409. The largest absolute Gasteiger partial charge is 0.315 e. The van der Waals surface area contributed by atoms with E-state index in [0.717, 1.165) is 31.5 Å². The fourth-order valence-corrected chi connectivity index (χ4v) is 4.53. The van der Waals surface area contributed by atoms with Gasteiger partial charge in [0, 0.05) is 19.1 Å². The van der Waals surface area contributed by atoms with Crippen LogP contribution in [0, 0.1) is 0 Å². The molecule has 1 atom stereocenters. The highest BCUT2D eigenvalue weighted by atomic mass is 32.2. The minimum atomic E-state index is -3.40. The van der Waals surface area contributed by atoms with Crippen LogP contribution in [0.3, 0.4) is 0 Å². The van der Waals surface area contributed by atoms with Crippen LogP contribution in [0.5, 0.6) is 0 Å². The molecular formula is C16H26N2O2S. The van der Waals surface area contributed by atoms with Gasteiger partial charge in [-0.2, -0.15) is 4.31 Å². The molecule has 1 aromatic rings. The number of rotatable bonds is 5. The van der Waals surface area contributed by atoms with Gasteiger partial charge >= 0.3 is 0 Å². The number of hydrogen-bond donors (Lipinski definition) is 1. The minimum Gasteiger partial charge on any atom is -0.315 e. The summed E-state index contributed by atoms with van der Waals surface area (Å²) in [6, 6.07) is 7.39. The third kappa shape index (κ3) is 3.65. The number of nitrogens with zero attached hydrogens (tertiary/aromatic N) is 1. The Balaban J connectivity index is 2.25. The van der Waals surface area contributed by atoms with Crippen LogP contribution in [0.15, 0.2) is 29.2 Å². The van der Waals surface area contributed by atoms with E-state index in [2.05, 4.69) is 19.2 Å². The molecule has 118 valence electrons. The molecule has 21 heavy (non-hydrogen) atoms. The van der Waals surface area contributed by atoms with Crippen molar-refractivity contribution in [3.05, 3.63) is 29.8 Å². The average molecular weight is 310 g/mol. The van der Waals surface area contributed by atoms with Crippen molar-refractivity contribution in [1.82, 2.24) is 9.62 Å². The van der Waals surface area contributed by atoms with Crippen molar-refractivity contribution in [3.8, 4) is 0 Å². The van der Waals surface area contributed by atoms with Gasteiger partial charge in [0.15, 0.2) is 0 Å². The molecule has 0 radical (unpaired) electrons. The number of likely N-dealkylation sites (N-methyl/N-ethyl adjacent to an activating group) is 1. The second kappa shape index (κ2) is 6.90. The molecule has 0 aromatic heterocycles. The number of piperidine rings is 1. The second-order valence-electron chi connectivity index (χ2n) is 5.93. The lowest BCUT2D eigenvalue weighted by molar-refractivity contribution is 0.274. The molecular weight excluding hydrogens is 284 g/mol. The van der Waals surface area contributed by atoms with Crippen molar-refractivity contribution in [2.75, 3.05) is 19.6 Å². The highest BCUT2D eigenvalue weighted by Crippen LogP contribution is 2.23. The first-order chi connectivity index (χ1) is 9.96. The Kier molecular flexibility index (Phi) is 5.41. The minimum absolute atomic E-state index is 0.0681. The molecule has 1 fully saturated rings. The van der Waals surface area contributed by atoms with Crippen LogP contribution < -0.4 is 5.32 Å². The van der Waals surface area contributed by atoms with E-state index in [9.17, 15) is 8.42 Å². The first-order valence-electron chi connectivity index (χ1n) is 7.79. The standard InChI is InChI=1S/C16H26N2O2S/c1-4-18(15-6-5-11-17-12-15)21(19,20)16-9-7-14(8-10-16)13(2)3/h7-10,13,15,17H,4-6,11-12H2,1-3H3. The van der Waals surface area contributed by atoms with Crippen molar-refractivity contribution in [2.45, 2.75) is 50.5 Å². The number of benzene rings is 1. The SMILES string of the molecule is CCN(C1CCCNC1)S(=O)(=O)c1ccc(C(C)C)cc1. The quantitative estimate of drug-likeness (QED) is 0.909. The van der Waals surface area contributed by atoms with Gasteiger partial charge in [0.25, 0.3) is 0 Å². The lowest BCUT2D eigenvalue weighted by Crippen LogP contribution is -2.48. The monoisotopic (exact) mass is 310 g/mol. The predicted octanol–water partition coefficient (Wildman–Crippen LogP) is 2.57. The van der Waals surface area contributed by atoms with Gasteiger partial charge in [-0.3, -0.25) is 0 Å².